The van der Waals surface area contributed by atoms with Crippen molar-refractivity contribution in [2.75, 3.05) is 13.2 Å². The van der Waals surface area contributed by atoms with E-state index in [0.29, 0.717) is 12.8 Å². The Morgan fingerprint density at radius 1 is 0.434 bits per heavy atom. The third-order valence-corrected chi connectivity index (χ3v) is 10.2. The van der Waals surface area contributed by atoms with Crippen LogP contribution in [-0.2, 0) is 19.1 Å². The van der Waals surface area contributed by atoms with Gasteiger partial charge >= 0.3 is 11.9 Å². The summed E-state index contributed by atoms with van der Waals surface area (Å²) in [4.78, 5) is 24.4. The Morgan fingerprint density at radius 3 is 1.17 bits per heavy atom. The van der Waals surface area contributed by atoms with Crippen molar-refractivity contribution in [1.82, 2.24) is 0 Å². The molecule has 0 bridgehead atoms. The molecule has 0 aliphatic carbocycles. The molecule has 0 saturated carbocycles. The normalized spacial score (nSPS) is 12.4. The molecule has 0 amide bonds. The molecule has 0 saturated heterocycles. The third kappa shape index (κ3) is 42.7. The zero-order valence-electron chi connectivity index (χ0n) is 35.3. The van der Waals surface area contributed by atoms with Crippen LogP contribution in [0.4, 0.5) is 0 Å². The summed E-state index contributed by atoms with van der Waals surface area (Å²) in [6, 6.07) is 0. The highest BCUT2D eigenvalue weighted by Crippen LogP contribution is 2.16. The van der Waals surface area contributed by atoms with E-state index in [0.717, 1.165) is 57.8 Å². The minimum Gasteiger partial charge on any atom is -0.462 e. The lowest BCUT2D eigenvalue weighted by Crippen LogP contribution is -2.28. The van der Waals surface area contributed by atoms with Crippen molar-refractivity contribution in [3.63, 3.8) is 0 Å². The van der Waals surface area contributed by atoms with Crippen LogP contribution >= 0.6 is 0 Å². The predicted molar refractivity (Wildman–Crippen MR) is 228 cm³/mol. The first kappa shape index (κ1) is 51.1. The van der Waals surface area contributed by atoms with Gasteiger partial charge in [-0.2, -0.15) is 0 Å². The number of hydrogen-bond donors (Lipinski definition) is 1. The molecule has 1 unspecified atom stereocenters. The van der Waals surface area contributed by atoms with Crippen LogP contribution in [0, 0.1) is 0 Å². The van der Waals surface area contributed by atoms with Gasteiger partial charge in [-0.3, -0.25) is 9.59 Å². The quantitative estimate of drug-likeness (QED) is 0.0383. The smallest absolute Gasteiger partial charge is 0.306 e. The fraction of sp³-hybridized carbons (Fsp3) is 0.833. The minimum absolute atomic E-state index is 0.0679. The van der Waals surface area contributed by atoms with E-state index in [4.69, 9.17) is 9.47 Å². The maximum absolute atomic E-state index is 12.2. The fourth-order valence-corrected chi connectivity index (χ4v) is 6.68. The Labute approximate surface area is 329 Å². The van der Waals surface area contributed by atoms with Crippen LogP contribution in [-0.4, -0.2) is 36.4 Å². The summed E-state index contributed by atoms with van der Waals surface area (Å²) in [6.45, 7) is 4.13. The van der Waals surface area contributed by atoms with E-state index in [9.17, 15) is 14.7 Å². The molecule has 5 nitrogen and oxygen atoms in total. The van der Waals surface area contributed by atoms with E-state index >= 15 is 0 Å². The van der Waals surface area contributed by atoms with Gasteiger partial charge in [-0.25, -0.2) is 0 Å². The molecule has 0 aromatic rings. The number of esters is 2. The van der Waals surface area contributed by atoms with Gasteiger partial charge in [0, 0.05) is 12.8 Å². The third-order valence-electron chi connectivity index (χ3n) is 10.2. The van der Waals surface area contributed by atoms with Gasteiger partial charge < -0.3 is 14.6 Å². The molecule has 310 valence electrons. The molecule has 0 aromatic heterocycles. The molecule has 0 spiro atoms. The van der Waals surface area contributed by atoms with Gasteiger partial charge in [0.15, 0.2) is 6.10 Å². The number of carbonyl (C=O) groups excluding carboxylic acids is 2. The van der Waals surface area contributed by atoms with Crippen molar-refractivity contribution in [2.24, 2.45) is 0 Å². The van der Waals surface area contributed by atoms with Gasteiger partial charge in [0.05, 0.1) is 6.61 Å². The Morgan fingerprint density at radius 2 is 0.755 bits per heavy atom. The van der Waals surface area contributed by atoms with Crippen molar-refractivity contribution in [3.05, 3.63) is 36.5 Å². The van der Waals surface area contributed by atoms with Crippen molar-refractivity contribution in [2.45, 2.75) is 245 Å². The van der Waals surface area contributed by atoms with Crippen LogP contribution in [0.2, 0.25) is 0 Å². The van der Waals surface area contributed by atoms with Crippen molar-refractivity contribution < 1.29 is 24.2 Å². The zero-order valence-corrected chi connectivity index (χ0v) is 35.3. The van der Waals surface area contributed by atoms with Crippen LogP contribution in [0.3, 0.4) is 0 Å². The summed E-state index contributed by atoms with van der Waals surface area (Å²) < 4.78 is 10.6. The molecule has 0 aromatic carbocycles. The average molecular weight is 745 g/mol. The van der Waals surface area contributed by atoms with Crippen molar-refractivity contribution in [3.8, 4) is 0 Å². The summed E-state index contributed by atoms with van der Waals surface area (Å²) in [5.41, 5.74) is 0. The predicted octanol–water partition coefficient (Wildman–Crippen LogP) is 14.8. The molecule has 0 aliphatic heterocycles. The van der Waals surface area contributed by atoms with Gasteiger partial charge in [-0.05, 0) is 51.4 Å². The highest BCUT2D eigenvalue weighted by Gasteiger charge is 2.16. The van der Waals surface area contributed by atoms with Crippen LogP contribution < -0.4 is 0 Å². The maximum Gasteiger partial charge on any atom is 0.306 e. The monoisotopic (exact) mass is 745 g/mol. The summed E-state index contributed by atoms with van der Waals surface area (Å²) in [7, 11) is 0. The second kappa shape index (κ2) is 44.5. The Hall–Kier alpha value is -1.88. The molecular weight excluding hydrogens is 657 g/mol. The van der Waals surface area contributed by atoms with Crippen molar-refractivity contribution in [1.29, 1.82) is 0 Å². The summed E-state index contributed by atoms with van der Waals surface area (Å²) in [5.74, 6) is -0.595. The molecule has 53 heavy (non-hydrogen) atoms. The Kier molecular flexibility index (Phi) is 42.9. The average Bonchev–Trinajstić information content (AvgIpc) is 3.16. The molecule has 0 rings (SSSR count). The first-order valence-corrected chi connectivity index (χ1v) is 23.0. The molecule has 0 fully saturated rings. The van der Waals surface area contributed by atoms with E-state index in [-0.39, 0.29) is 25.2 Å². The first-order chi connectivity index (χ1) is 26.1. The lowest BCUT2D eigenvalue weighted by Gasteiger charge is -2.15. The van der Waals surface area contributed by atoms with Gasteiger partial charge in [0.25, 0.3) is 0 Å². The van der Waals surface area contributed by atoms with Gasteiger partial charge in [-0.1, -0.05) is 211 Å². The number of aliphatic hydroxyl groups excluding tert-OH is 1. The lowest BCUT2D eigenvalue weighted by molar-refractivity contribution is -0.161. The topological polar surface area (TPSA) is 72.8 Å². The van der Waals surface area contributed by atoms with Crippen molar-refractivity contribution >= 4 is 11.9 Å². The second-order valence-corrected chi connectivity index (χ2v) is 15.5. The molecule has 0 aliphatic rings. The summed E-state index contributed by atoms with van der Waals surface area (Å²) >= 11 is 0. The van der Waals surface area contributed by atoms with Crippen LogP contribution in [0.1, 0.15) is 239 Å². The lowest BCUT2D eigenvalue weighted by atomic mass is 10.0. The number of hydrogen-bond acceptors (Lipinski definition) is 5. The second-order valence-electron chi connectivity index (χ2n) is 15.5. The van der Waals surface area contributed by atoms with E-state index in [1.807, 2.05) is 0 Å². The highest BCUT2D eigenvalue weighted by molar-refractivity contribution is 5.70. The number of aliphatic hydroxyl groups is 1. The molecule has 1 N–H and O–H groups in total. The largest absolute Gasteiger partial charge is 0.462 e. The van der Waals surface area contributed by atoms with E-state index in [2.05, 4.69) is 50.3 Å². The van der Waals surface area contributed by atoms with E-state index in [1.165, 1.54) is 154 Å². The zero-order chi connectivity index (χ0) is 38.6. The number of allylic oxidation sites excluding steroid dienone is 6. The van der Waals surface area contributed by atoms with E-state index in [1.54, 1.807) is 0 Å². The summed E-state index contributed by atoms with van der Waals surface area (Å²) in [6.07, 6.45) is 55.0. The number of ether oxygens (including phenoxy) is 2. The number of rotatable bonds is 42. The number of carbonyl (C=O) groups is 2. The molecular formula is C48H88O5. The minimum atomic E-state index is -0.776. The van der Waals surface area contributed by atoms with Gasteiger partial charge in [0.2, 0.25) is 0 Å². The SMILES string of the molecule is CCCCC/C=C\C/C=C\C/C=C\CCCCCCCCC(=O)OC(CO)COC(=O)CCCCCCCCCCCCCCCCCCCCCC. The molecule has 5 heteroatoms. The van der Waals surface area contributed by atoms with Gasteiger partial charge in [-0.15, -0.1) is 0 Å². The van der Waals surface area contributed by atoms with Crippen LogP contribution in [0.5, 0.6) is 0 Å². The van der Waals surface area contributed by atoms with E-state index < -0.39 is 6.10 Å². The number of unbranched alkanes of at least 4 members (excludes halogenated alkanes) is 28. The first-order valence-electron chi connectivity index (χ1n) is 23.0. The Bertz CT molecular complexity index is 847. The molecule has 0 radical (unpaired) electrons. The fourth-order valence-electron chi connectivity index (χ4n) is 6.68. The standard InChI is InChI=1S/C48H88O5/c1-3-5-7-9-11-13-15-17-19-21-23-25-26-28-30-32-34-36-38-40-42-47(50)52-45-46(44-49)53-48(51)43-41-39-37-35-33-31-29-27-24-22-20-18-16-14-12-10-8-6-4-2/h12,14,18,20,24,27,46,49H,3-11,13,15-17,19,21-23,25-26,28-45H2,1-2H3/b14-12-,20-18-,27-24-. The maximum atomic E-state index is 12.2. The molecule has 1 atom stereocenters. The Balaban J connectivity index is 3.52. The van der Waals surface area contributed by atoms with Crippen LogP contribution in [0.15, 0.2) is 36.5 Å². The molecule has 0 heterocycles. The summed E-state index contributed by atoms with van der Waals surface area (Å²) in [5, 5.41) is 9.59. The van der Waals surface area contributed by atoms with Gasteiger partial charge in [0.1, 0.15) is 6.61 Å². The highest BCUT2D eigenvalue weighted by atomic mass is 16.6. The van der Waals surface area contributed by atoms with Crippen LogP contribution in [0.25, 0.3) is 0 Å².